The Labute approximate surface area is 429 Å². The normalized spacial score (nSPS) is 13.4. The van der Waals surface area contributed by atoms with E-state index < -0.39 is 195 Å². The molecule has 79 heavy (non-hydrogen) atoms. The summed E-state index contributed by atoms with van der Waals surface area (Å²) < 4.78 is 343. The number of halogens is 24. The van der Waals surface area contributed by atoms with Crippen LogP contribution in [0.15, 0.2) is 140 Å². The Morgan fingerprint density at radius 3 is 0.911 bits per heavy atom. The van der Waals surface area contributed by atoms with Crippen LogP contribution in [0.5, 0.6) is 0 Å². The molecule has 1 heterocycles. The smallest absolute Gasteiger partial charge is 0.287 e. The van der Waals surface area contributed by atoms with Crippen molar-refractivity contribution in [1.29, 1.82) is 0 Å². The summed E-state index contributed by atoms with van der Waals surface area (Å²) in [4.78, 5) is 12.5. The first-order chi connectivity index (χ1) is 35.9. The minimum Gasteiger partial charge on any atom is -0.287 e. The third-order valence-corrected chi connectivity index (χ3v) is 12.4. The van der Waals surface area contributed by atoms with Gasteiger partial charge in [0.05, 0.1) is 44.5 Å². The number of carbonyl (C=O) groups excluding carboxylic acids is 1. The second kappa shape index (κ2) is 21.1. The molecule has 0 unspecified atom stereocenters. The number of hydrogen-bond donors (Lipinski definition) is 0. The molecule has 2 nitrogen and oxygen atoms in total. The quantitative estimate of drug-likeness (QED) is 0.0643. The Morgan fingerprint density at radius 2 is 0.646 bits per heavy atom. The van der Waals surface area contributed by atoms with Crippen molar-refractivity contribution in [2.45, 2.75) is 75.7 Å². The summed E-state index contributed by atoms with van der Waals surface area (Å²) in [6, 6.07) is 11.1. The summed E-state index contributed by atoms with van der Waals surface area (Å²) >= 11 is 0. The number of Topliss-reactive ketones (excluding diaryl/α,β-unsaturated/α-hetero) is 1. The first kappa shape index (κ1) is 61.0. The van der Waals surface area contributed by atoms with Gasteiger partial charge < -0.3 is 0 Å². The number of alkyl halides is 24. The van der Waals surface area contributed by atoms with Crippen molar-refractivity contribution in [2.75, 3.05) is 0 Å². The van der Waals surface area contributed by atoms with Crippen molar-refractivity contribution in [2.24, 2.45) is 0 Å². The third kappa shape index (κ3) is 13.6. The van der Waals surface area contributed by atoms with Gasteiger partial charge in [0.2, 0.25) is 12.3 Å². The van der Waals surface area contributed by atoms with Gasteiger partial charge in [0.1, 0.15) is 6.15 Å². The summed E-state index contributed by atoms with van der Waals surface area (Å²) in [5.41, 5.74) is -28.2. The van der Waals surface area contributed by atoms with Crippen molar-refractivity contribution in [3.05, 3.63) is 195 Å². The summed E-state index contributed by atoms with van der Waals surface area (Å²) in [7, 11) is 0. The molecule has 0 amide bonds. The van der Waals surface area contributed by atoms with Crippen molar-refractivity contribution < 1.29 is 115 Å². The number of aromatic nitrogens is 1. The summed E-state index contributed by atoms with van der Waals surface area (Å²) in [6.07, 6.45) is -52.8. The first-order valence-electron chi connectivity index (χ1n) is 22.3. The van der Waals surface area contributed by atoms with Gasteiger partial charge in [-0.1, -0.05) is 111 Å². The Hall–Kier alpha value is -7.22. The zero-order chi connectivity index (χ0) is 59.4. The molecule has 0 saturated carbocycles. The van der Waals surface area contributed by atoms with Crippen LogP contribution in [0.2, 0.25) is 0 Å². The molecule has 0 bridgehead atoms. The lowest BCUT2D eigenvalue weighted by Gasteiger charge is -2.46. The zero-order valence-corrected chi connectivity index (χ0v) is 39.6. The molecule has 0 radical (unpaired) electrons. The number of fused-ring (bicyclic) bond motifs is 1. The topological polar surface area (TPSA) is 20.9 Å². The van der Waals surface area contributed by atoms with Crippen LogP contribution in [0, 0.1) is 0 Å². The van der Waals surface area contributed by atoms with E-state index in [0.29, 0.717) is 12.5 Å². The van der Waals surface area contributed by atoms with Gasteiger partial charge in [-0.3, -0.25) is 4.79 Å². The minimum absolute atomic E-state index is 0.141. The predicted molar refractivity (Wildman–Crippen MR) is 239 cm³/mol. The molecule has 7 rings (SSSR count). The molecule has 27 heteroatoms. The highest BCUT2D eigenvalue weighted by molar-refractivity contribution is 7.20. The first-order valence-corrected chi connectivity index (χ1v) is 22.3. The second-order valence-corrected chi connectivity index (χ2v) is 18.1. The number of nitrogens with zero attached hydrogens (tertiary/aromatic N) is 1. The molecule has 0 saturated heterocycles. The number of pyridine rings is 1. The summed E-state index contributed by atoms with van der Waals surface area (Å²) in [5.74, 6) is 0.498. The van der Waals surface area contributed by atoms with Crippen molar-refractivity contribution in [1.82, 2.24) is 0 Å². The summed E-state index contributed by atoms with van der Waals surface area (Å²) in [6.45, 7) is 4.72. The van der Waals surface area contributed by atoms with Gasteiger partial charge in [0, 0.05) is 22.9 Å². The van der Waals surface area contributed by atoms with Gasteiger partial charge in [0.25, 0.3) is 0 Å². The second-order valence-electron chi connectivity index (χ2n) is 18.1. The molecular formula is C52H32BF24NO. The average molecular weight is 1150 g/mol. The number of benzene rings is 6. The highest BCUT2D eigenvalue weighted by Crippen LogP contribution is 2.41. The molecule has 0 aliphatic rings. The number of carbonyl (C=O) groups is 1. The summed E-state index contributed by atoms with van der Waals surface area (Å²) in [5, 5.41) is 2.44. The fraction of sp³-hybridized carbons (Fsp3) is 0.231. The zero-order valence-electron chi connectivity index (χ0n) is 39.6. The molecule has 1 aromatic heterocycles. The highest BCUT2D eigenvalue weighted by atomic mass is 19.4. The van der Waals surface area contributed by atoms with Crippen LogP contribution in [-0.2, 0) is 56.0 Å². The van der Waals surface area contributed by atoms with Gasteiger partial charge in [-0.2, -0.15) is 132 Å². The molecule has 0 N–H and O–H groups in total. The van der Waals surface area contributed by atoms with E-state index >= 15 is 0 Å². The Balaban J connectivity index is 0.000000378. The molecule has 0 atom stereocenters. The molecule has 0 spiro atoms. The van der Waals surface area contributed by atoms with E-state index in [1.54, 1.807) is 0 Å². The van der Waals surface area contributed by atoms with Crippen LogP contribution in [0.4, 0.5) is 105 Å². The Kier molecular flexibility index (Phi) is 16.3. The maximum absolute atomic E-state index is 14.2. The van der Waals surface area contributed by atoms with E-state index in [4.69, 9.17) is 0 Å². The number of rotatable bonds is 8. The molecule has 0 aliphatic heterocycles. The fourth-order valence-corrected chi connectivity index (χ4v) is 9.00. The van der Waals surface area contributed by atoms with E-state index in [9.17, 15) is 110 Å². The SMILES string of the molecule is CC(C)c1c2ccccc2cc[n+]1CC(=O)c1ccccc1.FC(F)(F)c1cc([B-](c2cc(C(F)(F)F)cc(C(F)(F)F)c2)(c2cc(C(F)(F)F)cc(C(F)(F)F)c2)c2cc(C(F)(F)F)cc(C(F)(F)F)c2)cc(C(F)(F)F)c1. The van der Waals surface area contributed by atoms with Crippen LogP contribution >= 0.6 is 0 Å². The van der Waals surface area contributed by atoms with Gasteiger partial charge >= 0.3 is 49.4 Å². The van der Waals surface area contributed by atoms with E-state index in [-0.39, 0.29) is 5.78 Å². The Bertz CT molecular complexity index is 2920. The molecule has 0 aliphatic carbocycles. The average Bonchev–Trinajstić information content (AvgIpc) is 3.38. The molecule has 422 valence electrons. The van der Waals surface area contributed by atoms with Gasteiger partial charge in [-0.25, -0.2) is 0 Å². The van der Waals surface area contributed by atoms with E-state index in [2.05, 4.69) is 42.7 Å². The highest BCUT2D eigenvalue weighted by Gasteiger charge is 2.47. The van der Waals surface area contributed by atoms with E-state index in [1.165, 1.54) is 16.5 Å². The van der Waals surface area contributed by atoms with Crippen molar-refractivity contribution in [3.8, 4) is 0 Å². The predicted octanol–water partition coefficient (Wildman–Crippen LogP) is 15.3. The standard InChI is InChI=1S/C32H12BF24.C20H20NO/c34-25(35,36)13-1-14(26(37,38)39)6-21(5-13)33(22-7-15(27(40,41)42)2-16(8-22)28(43,44)45,23-9-17(29(46,47)48)3-18(10-23)30(49,50)51)24-11-19(31(52,53)54)4-20(12-24)32(55,56)57;1-15(2)20-18-11-7-6-8-16(18)12-13-21(20)14-19(22)17-9-4-3-5-10-17/h1-12H;3-13,15H,14H2,1-2H3/q-1;+1. The maximum atomic E-state index is 14.2. The number of hydrogen-bond acceptors (Lipinski definition) is 1. The van der Waals surface area contributed by atoms with Gasteiger partial charge in [0.15, 0.2) is 11.9 Å². The molecule has 6 aromatic carbocycles. The van der Waals surface area contributed by atoms with E-state index in [0.717, 1.165) is 5.56 Å². The maximum Gasteiger partial charge on any atom is 0.416 e. The third-order valence-electron chi connectivity index (χ3n) is 12.4. The molecule has 0 fully saturated rings. The monoisotopic (exact) mass is 1150 g/mol. The lowest BCUT2D eigenvalue weighted by Crippen LogP contribution is -2.75. The lowest BCUT2D eigenvalue weighted by molar-refractivity contribution is -0.690. The van der Waals surface area contributed by atoms with E-state index in [1.807, 2.05) is 42.6 Å². The lowest BCUT2D eigenvalue weighted by atomic mass is 9.12. The van der Waals surface area contributed by atoms with Crippen LogP contribution in [-0.4, -0.2) is 11.9 Å². The number of ketones is 1. The van der Waals surface area contributed by atoms with Crippen LogP contribution in [0.1, 0.15) is 80.3 Å². The van der Waals surface area contributed by atoms with Crippen molar-refractivity contribution >= 4 is 44.6 Å². The van der Waals surface area contributed by atoms with Crippen LogP contribution in [0.3, 0.4) is 0 Å². The fourth-order valence-electron chi connectivity index (χ4n) is 9.00. The largest absolute Gasteiger partial charge is 0.416 e. The molecule has 7 aromatic rings. The molecular weight excluding hydrogens is 1120 g/mol. The Morgan fingerprint density at radius 1 is 0.380 bits per heavy atom. The minimum atomic E-state index is -6.13. The van der Waals surface area contributed by atoms with Gasteiger partial charge in [-0.15, -0.1) is 0 Å². The van der Waals surface area contributed by atoms with Gasteiger partial charge in [-0.05, 0) is 35.7 Å². The van der Waals surface area contributed by atoms with Crippen LogP contribution < -0.4 is 26.4 Å². The van der Waals surface area contributed by atoms with Crippen LogP contribution in [0.25, 0.3) is 10.8 Å². The van der Waals surface area contributed by atoms with Crippen molar-refractivity contribution in [3.63, 3.8) is 0 Å².